The summed E-state index contributed by atoms with van der Waals surface area (Å²) in [7, 11) is 0. The van der Waals surface area contributed by atoms with Crippen LogP contribution in [0.15, 0.2) is 40.9 Å². The second kappa shape index (κ2) is 5.84. The highest BCUT2D eigenvalue weighted by Crippen LogP contribution is 2.36. The summed E-state index contributed by atoms with van der Waals surface area (Å²) in [5.74, 6) is 1.40. The van der Waals surface area contributed by atoms with Crippen LogP contribution in [0.4, 0.5) is 11.4 Å². The molecule has 0 spiro atoms. The largest absolute Gasteiger partial charge is 0.454 e. The van der Waals surface area contributed by atoms with Gasteiger partial charge in [0.2, 0.25) is 6.79 Å². The van der Waals surface area contributed by atoms with E-state index in [1.165, 1.54) is 6.07 Å². The predicted molar refractivity (Wildman–Crippen MR) is 85.4 cm³/mol. The number of ether oxygens (including phenoxy) is 2. The van der Waals surface area contributed by atoms with Crippen LogP contribution in [0.3, 0.4) is 0 Å². The summed E-state index contributed by atoms with van der Waals surface area (Å²) in [4.78, 5) is 10.8. The summed E-state index contributed by atoms with van der Waals surface area (Å²) >= 11 is 3.25. The second-order valence-electron chi connectivity index (χ2n) is 4.90. The van der Waals surface area contributed by atoms with E-state index in [1.54, 1.807) is 12.1 Å². The Bertz CT molecular complexity index is 735. The van der Waals surface area contributed by atoms with Gasteiger partial charge in [-0.2, -0.15) is 0 Å². The van der Waals surface area contributed by atoms with Crippen molar-refractivity contribution in [3.8, 4) is 11.5 Å². The Kier molecular flexibility index (Phi) is 3.89. The molecule has 1 N–H and O–H groups in total. The number of nitro benzene ring substituents is 1. The molecule has 22 heavy (non-hydrogen) atoms. The quantitative estimate of drug-likeness (QED) is 0.647. The van der Waals surface area contributed by atoms with Gasteiger partial charge in [0.15, 0.2) is 11.5 Å². The van der Waals surface area contributed by atoms with Crippen molar-refractivity contribution >= 4 is 27.3 Å². The van der Waals surface area contributed by atoms with Crippen molar-refractivity contribution in [1.82, 2.24) is 0 Å². The molecule has 1 atom stereocenters. The van der Waals surface area contributed by atoms with Crippen molar-refractivity contribution < 1.29 is 14.4 Å². The zero-order valence-electron chi connectivity index (χ0n) is 11.7. The van der Waals surface area contributed by atoms with Crippen LogP contribution in [-0.4, -0.2) is 11.7 Å². The molecule has 0 radical (unpaired) electrons. The van der Waals surface area contributed by atoms with Gasteiger partial charge < -0.3 is 14.8 Å². The third-order valence-corrected chi connectivity index (χ3v) is 3.92. The first-order chi connectivity index (χ1) is 10.5. The number of benzene rings is 2. The Morgan fingerprint density at radius 1 is 1.23 bits per heavy atom. The van der Waals surface area contributed by atoms with Crippen LogP contribution in [0.5, 0.6) is 11.5 Å². The van der Waals surface area contributed by atoms with Crippen molar-refractivity contribution in [2.45, 2.75) is 13.0 Å². The minimum Gasteiger partial charge on any atom is -0.454 e. The molecule has 0 saturated heterocycles. The molecule has 0 fully saturated rings. The lowest BCUT2D eigenvalue weighted by Crippen LogP contribution is -2.08. The predicted octanol–water partition coefficient (Wildman–Crippen LogP) is 4.26. The molecule has 7 heteroatoms. The molecule has 1 aliphatic rings. The molecular formula is C15H13BrN2O4. The number of nitrogens with one attached hydrogen (secondary N) is 1. The van der Waals surface area contributed by atoms with Gasteiger partial charge >= 0.3 is 0 Å². The first kappa shape index (κ1) is 14.6. The molecule has 0 saturated carbocycles. The molecule has 1 aliphatic heterocycles. The van der Waals surface area contributed by atoms with E-state index < -0.39 is 4.92 Å². The van der Waals surface area contributed by atoms with E-state index in [-0.39, 0.29) is 18.5 Å². The fourth-order valence-corrected chi connectivity index (χ4v) is 2.63. The summed E-state index contributed by atoms with van der Waals surface area (Å²) in [5.41, 5.74) is 1.46. The van der Waals surface area contributed by atoms with Crippen molar-refractivity contribution in [3.05, 3.63) is 56.5 Å². The summed E-state index contributed by atoms with van der Waals surface area (Å²) in [6.45, 7) is 2.15. The van der Waals surface area contributed by atoms with Gasteiger partial charge in [-0.25, -0.2) is 0 Å². The van der Waals surface area contributed by atoms with Crippen molar-refractivity contribution in [2.24, 2.45) is 0 Å². The maximum absolute atomic E-state index is 11.2. The molecule has 0 amide bonds. The van der Waals surface area contributed by atoms with Gasteiger partial charge in [-0.1, -0.05) is 22.0 Å². The fraction of sp³-hybridized carbons (Fsp3) is 0.200. The van der Waals surface area contributed by atoms with Gasteiger partial charge in [-0.05, 0) is 36.8 Å². The Labute approximate surface area is 135 Å². The molecule has 1 unspecified atom stereocenters. The number of hydrogen-bond acceptors (Lipinski definition) is 5. The molecule has 114 valence electrons. The molecule has 0 aromatic heterocycles. The highest BCUT2D eigenvalue weighted by atomic mass is 79.9. The molecule has 0 aliphatic carbocycles. The number of halogens is 1. The van der Waals surface area contributed by atoms with Crippen LogP contribution in [0.25, 0.3) is 0 Å². The summed E-state index contributed by atoms with van der Waals surface area (Å²) < 4.78 is 11.3. The molecular weight excluding hydrogens is 352 g/mol. The van der Waals surface area contributed by atoms with E-state index in [1.807, 2.05) is 25.1 Å². The molecule has 3 rings (SSSR count). The van der Waals surface area contributed by atoms with Gasteiger partial charge in [0, 0.05) is 16.6 Å². The van der Waals surface area contributed by atoms with Gasteiger partial charge in [0.05, 0.1) is 4.92 Å². The third kappa shape index (κ3) is 2.85. The highest BCUT2D eigenvalue weighted by molar-refractivity contribution is 9.10. The third-order valence-electron chi connectivity index (χ3n) is 3.43. The van der Waals surface area contributed by atoms with Gasteiger partial charge in [0.25, 0.3) is 5.69 Å². The fourth-order valence-electron chi connectivity index (χ4n) is 2.28. The molecule has 1 heterocycles. The van der Waals surface area contributed by atoms with Gasteiger partial charge in [-0.15, -0.1) is 0 Å². The SMILES string of the molecule is CC(Nc1ccc(Br)cc1[N+](=O)[O-])c1ccc2c(c1)OCO2. The first-order valence-corrected chi connectivity index (χ1v) is 7.44. The maximum Gasteiger partial charge on any atom is 0.293 e. The molecule has 6 nitrogen and oxygen atoms in total. The van der Waals surface area contributed by atoms with E-state index in [2.05, 4.69) is 21.2 Å². The zero-order chi connectivity index (χ0) is 15.7. The molecule has 2 aromatic rings. The van der Waals surface area contributed by atoms with Gasteiger partial charge in [-0.3, -0.25) is 10.1 Å². The average molecular weight is 365 g/mol. The van der Waals surface area contributed by atoms with Crippen LogP contribution in [-0.2, 0) is 0 Å². The van der Waals surface area contributed by atoms with Crippen LogP contribution in [0.2, 0.25) is 0 Å². The number of hydrogen-bond donors (Lipinski definition) is 1. The maximum atomic E-state index is 11.2. The van der Waals surface area contributed by atoms with Crippen LogP contribution in [0.1, 0.15) is 18.5 Å². The lowest BCUT2D eigenvalue weighted by molar-refractivity contribution is -0.384. The highest BCUT2D eigenvalue weighted by Gasteiger charge is 2.19. The Morgan fingerprint density at radius 3 is 2.77 bits per heavy atom. The van der Waals surface area contributed by atoms with E-state index >= 15 is 0 Å². The Hall–Kier alpha value is -2.28. The average Bonchev–Trinajstić information content (AvgIpc) is 2.96. The van der Waals surface area contributed by atoms with E-state index in [4.69, 9.17) is 9.47 Å². The summed E-state index contributed by atoms with van der Waals surface area (Å²) in [6.07, 6.45) is 0. The van der Waals surface area contributed by atoms with E-state index in [9.17, 15) is 10.1 Å². The second-order valence-corrected chi connectivity index (χ2v) is 5.81. The normalized spacial score (nSPS) is 13.7. The number of nitrogens with zero attached hydrogens (tertiary/aromatic N) is 1. The summed E-state index contributed by atoms with van der Waals surface area (Å²) in [5, 5.41) is 14.3. The topological polar surface area (TPSA) is 73.6 Å². The van der Waals surface area contributed by atoms with Crippen LogP contribution >= 0.6 is 15.9 Å². The standard InChI is InChI=1S/C15H13BrN2O4/c1-9(10-2-5-14-15(6-10)22-8-21-14)17-12-4-3-11(16)7-13(12)18(19)20/h2-7,9,17H,8H2,1H3. The Balaban J connectivity index is 1.85. The molecule has 2 aromatic carbocycles. The minimum absolute atomic E-state index is 0.0296. The van der Waals surface area contributed by atoms with Crippen LogP contribution in [0, 0.1) is 10.1 Å². The minimum atomic E-state index is -0.403. The van der Waals surface area contributed by atoms with Crippen molar-refractivity contribution in [3.63, 3.8) is 0 Å². The lowest BCUT2D eigenvalue weighted by Gasteiger charge is -2.16. The number of anilines is 1. The smallest absolute Gasteiger partial charge is 0.293 e. The monoisotopic (exact) mass is 364 g/mol. The van der Waals surface area contributed by atoms with Crippen molar-refractivity contribution in [1.29, 1.82) is 0 Å². The Morgan fingerprint density at radius 2 is 2.00 bits per heavy atom. The lowest BCUT2D eigenvalue weighted by atomic mass is 10.1. The van der Waals surface area contributed by atoms with Crippen LogP contribution < -0.4 is 14.8 Å². The summed E-state index contributed by atoms with van der Waals surface area (Å²) in [6, 6.07) is 10.4. The number of fused-ring (bicyclic) bond motifs is 1. The first-order valence-electron chi connectivity index (χ1n) is 6.64. The van der Waals surface area contributed by atoms with Crippen molar-refractivity contribution in [2.75, 3.05) is 12.1 Å². The van der Waals surface area contributed by atoms with E-state index in [0.29, 0.717) is 21.7 Å². The van der Waals surface area contributed by atoms with Gasteiger partial charge in [0.1, 0.15) is 5.69 Å². The molecule has 0 bridgehead atoms. The van der Waals surface area contributed by atoms with E-state index in [0.717, 1.165) is 5.56 Å². The number of rotatable bonds is 4. The zero-order valence-corrected chi connectivity index (χ0v) is 13.3. The number of nitro groups is 1.